The van der Waals surface area contributed by atoms with Crippen LogP contribution in [0.3, 0.4) is 0 Å². The normalized spacial score (nSPS) is 18.3. The Kier molecular flexibility index (Phi) is 5.53. The summed E-state index contributed by atoms with van der Waals surface area (Å²) in [6.07, 6.45) is 6.42. The molecule has 2 rings (SSSR count). The Bertz CT molecular complexity index is 259. The average molecular weight is 223 g/mol. The third-order valence-electron chi connectivity index (χ3n) is 3.13. The fourth-order valence-electron chi connectivity index (χ4n) is 2.16. The standard InChI is InChI=1S/C11H19N3.C2H6/c1-10(2)13-8-4-11(5-9-13)14-7-3-6-12-14;1-2/h3,6-7,10-11H,4-5,8-9H2,1-2H3;1-2H3. The second-order valence-electron chi connectivity index (χ2n) is 4.35. The Balaban J connectivity index is 0.000000606. The molecule has 0 spiro atoms. The molecule has 0 atom stereocenters. The van der Waals surface area contributed by atoms with Crippen LogP contribution in [0.15, 0.2) is 18.5 Å². The van der Waals surface area contributed by atoms with Crippen molar-refractivity contribution in [3.8, 4) is 0 Å². The topological polar surface area (TPSA) is 21.1 Å². The second-order valence-corrected chi connectivity index (χ2v) is 4.35. The van der Waals surface area contributed by atoms with E-state index in [4.69, 9.17) is 0 Å². The van der Waals surface area contributed by atoms with Gasteiger partial charge in [-0.05, 0) is 32.8 Å². The van der Waals surface area contributed by atoms with Gasteiger partial charge in [0.05, 0.1) is 6.04 Å². The lowest BCUT2D eigenvalue weighted by molar-refractivity contribution is 0.147. The van der Waals surface area contributed by atoms with Gasteiger partial charge in [-0.2, -0.15) is 5.10 Å². The van der Waals surface area contributed by atoms with Crippen LogP contribution in [0, 0.1) is 0 Å². The fourth-order valence-corrected chi connectivity index (χ4v) is 2.16. The Morgan fingerprint density at radius 2 is 1.81 bits per heavy atom. The first-order valence-electron chi connectivity index (χ1n) is 6.50. The van der Waals surface area contributed by atoms with Crippen molar-refractivity contribution < 1.29 is 0 Å². The molecule has 1 saturated heterocycles. The third-order valence-corrected chi connectivity index (χ3v) is 3.13. The molecule has 1 fully saturated rings. The molecule has 1 aliphatic heterocycles. The first-order chi connectivity index (χ1) is 7.77. The van der Waals surface area contributed by atoms with Gasteiger partial charge in [0.25, 0.3) is 0 Å². The lowest BCUT2D eigenvalue weighted by Gasteiger charge is -2.34. The first-order valence-corrected chi connectivity index (χ1v) is 6.50. The molecular formula is C13H25N3. The summed E-state index contributed by atoms with van der Waals surface area (Å²) >= 11 is 0. The predicted molar refractivity (Wildman–Crippen MR) is 68.6 cm³/mol. The summed E-state index contributed by atoms with van der Waals surface area (Å²) in [4.78, 5) is 2.54. The minimum atomic E-state index is 0.625. The highest BCUT2D eigenvalue weighted by Crippen LogP contribution is 2.22. The van der Waals surface area contributed by atoms with Crippen molar-refractivity contribution in [3.05, 3.63) is 18.5 Å². The van der Waals surface area contributed by atoms with E-state index in [0.29, 0.717) is 12.1 Å². The zero-order valence-corrected chi connectivity index (χ0v) is 11.1. The highest BCUT2D eigenvalue weighted by Gasteiger charge is 2.21. The average Bonchev–Trinajstić information content (AvgIpc) is 2.85. The summed E-state index contributed by atoms with van der Waals surface area (Å²) in [7, 11) is 0. The number of aromatic nitrogens is 2. The number of likely N-dealkylation sites (tertiary alicyclic amines) is 1. The summed E-state index contributed by atoms with van der Waals surface area (Å²) in [5.41, 5.74) is 0. The van der Waals surface area contributed by atoms with E-state index in [1.807, 2.05) is 26.1 Å². The van der Waals surface area contributed by atoms with Crippen molar-refractivity contribution in [2.45, 2.75) is 52.6 Å². The molecule has 0 unspecified atom stereocenters. The first kappa shape index (κ1) is 13.2. The smallest absolute Gasteiger partial charge is 0.0543 e. The molecule has 1 aromatic heterocycles. The number of hydrogen-bond donors (Lipinski definition) is 0. The zero-order chi connectivity index (χ0) is 12.0. The van der Waals surface area contributed by atoms with Crippen LogP contribution >= 0.6 is 0 Å². The molecule has 0 N–H and O–H groups in total. The maximum Gasteiger partial charge on any atom is 0.0543 e. The van der Waals surface area contributed by atoms with Gasteiger partial charge in [-0.25, -0.2) is 0 Å². The second kappa shape index (κ2) is 6.69. The number of nitrogens with zero attached hydrogens (tertiary/aromatic N) is 3. The predicted octanol–water partition coefficient (Wildman–Crippen LogP) is 2.95. The summed E-state index contributed by atoms with van der Waals surface area (Å²) in [6.45, 7) is 11.0. The lowest BCUT2D eigenvalue weighted by Crippen LogP contribution is -2.39. The van der Waals surface area contributed by atoms with E-state index in [9.17, 15) is 0 Å². The Hall–Kier alpha value is -0.830. The van der Waals surface area contributed by atoms with Crippen molar-refractivity contribution in [2.24, 2.45) is 0 Å². The molecule has 2 heterocycles. The van der Waals surface area contributed by atoms with E-state index in [-0.39, 0.29) is 0 Å². The molecule has 0 bridgehead atoms. The minimum absolute atomic E-state index is 0.625. The lowest BCUT2D eigenvalue weighted by atomic mass is 10.0. The Labute approximate surface area is 99.4 Å². The zero-order valence-electron chi connectivity index (χ0n) is 11.1. The van der Waals surface area contributed by atoms with E-state index in [2.05, 4.69) is 34.7 Å². The molecule has 92 valence electrons. The summed E-state index contributed by atoms with van der Waals surface area (Å²) in [6, 6.07) is 3.32. The number of hydrogen-bond acceptors (Lipinski definition) is 2. The van der Waals surface area contributed by atoms with E-state index in [0.717, 1.165) is 0 Å². The fraction of sp³-hybridized carbons (Fsp3) is 0.769. The van der Waals surface area contributed by atoms with Crippen LogP contribution in [0.2, 0.25) is 0 Å². The SMILES string of the molecule is CC.CC(C)N1CCC(n2cccn2)CC1. The highest BCUT2D eigenvalue weighted by atomic mass is 15.3. The molecule has 0 aliphatic carbocycles. The van der Waals surface area contributed by atoms with Crippen LogP contribution in [0.25, 0.3) is 0 Å². The van der Waals surface area contributed by atoms with Crippen LogP contribution < -0.4 is 0 Å². The van der Waals surface area contributed by atoms with Gasteiger partial charge in [0.15, 0.2) is 0 Å². The van der Waals surface area contributed by atoms with Crippen molar-refractivity contribution >= 4 is 0 Å². The monoisotopic (exact) mass is 223 g/mol. The van der Waals surface area contributed by atoms with Crippen LogP contribution in [0.5, 0.6) is 0 Å². The summed E-state index contributed by atoms with van der Waals surface area (Å²) in [5.74, 6) is 0. The molecule has 0 amide bonds. The summed E-state index contributed by atoms with van der Waals surface area (Å²) < 4.78 is 2.11. The van der Waals surface area contributed by atoms with E-state index < -0.39 is 0 Å². The molecule has 1 aliphatic rings. The Morgan fingerprint density at radius 3 is 2.25 bits per heavy atom. The van der Waals surface area contributed by atoms with Gasteiger partial charge in [0, 0.05) is 31.5 Å². The third kappa shape index (κ3) is 3.34. The van der Waals surface area contributed by atoms with Gasteiger partial charge in [-0.15, -0.1) is 0 Å². The molecule has 0 saturated carbocycles. The van der Waals surface area contributed by atoms with E-state index in [1.54, 1.807) is 0 Å². The highest BCUT2D eigenvalue weighted by molar-refractivity contribution is 4.84. The number of piperidine rings is 1. The summed E-state index contributed by atoms with van der Waals surface area (Å²) in [5, 5.41) is 4.31. The number of rotatable bonds is 2. The van der Waals surface area contributed by atoms with Gasteiger partial charge in [0.1, 0.15) is 0 Å². The maximum atomic E-state index is 4.31. The quantitative estimate of drug-likeness (QED) is 0.768. The molecule has 3 heteroatoms. The molecule has 1 aromatic rings. The van der Waals surface area contributed by atoms with Crippen LogP contribution in [-0.2, 0) is 0 Å². The van der Waals surface area contributed by atoms with Crippen molar-refractivity contribution in [1.29, 1.82) is 0 Å². The van der Waals surface area contributed by atoms with Gasteiger partial charge < -0.3 is 4.90 Å². The van der Waals surface area contributed by atoms with Crippen LogP contribution in [-0.4, -0.2) is 33.8 Å². The Morgan fingerprint density at radius 1 is 1.19 bits per heavy atom. The largest absolute Gasteiger partial charge is 0.301 e. The molecule has 16 heavy (non-hydrogen) atoms. The van der Waals surface area contributed by atoms with Gasteiger partial charge in [-0.3, -0.25) is 4.68 Å². The molecule has 3 nitrogen and oxygen atoms in total. The van der Waals surface area contributed by atoms with Crippen LogP contribution in [0.1, 0.15) is 46.6 Å². The maximum absolute atomic E-state index is 4.31. The minimum Gasteiger partial charge on any atom is -0.301 e. The van der Waals surface area contributed by atoms with Crippen molar-refractivity contribution in [1.82, 2.24) is 14.7 Å². The molecule has 0 radical (unpaired) electrons. The van der Waals surface area contributed by atoms with Crippen LogP contribution in [0.4, 0.5) is 0 Å². The van der Waals surface area contributed by atoms with E-state index >= 15 is 0 Å². The molecule has 0 aromatic carbocycles. The van der Waals surface area contributed by atoms with Gasteiger partial charge in [-0.1, -0.05) is 13.8 Å². The van der Waals surface area contributed by atoms with Gasteiger partial charge in [0.2, 0.25) is 0 Å². The van der Waals surface area contributed by atoms with Crippen molar-refractivity contribution in [3.63, 3.8) is 0 Å². The molecular weight excluding hydrogens is 198 g/mol. The van der Waals surface area contributed by atoms with E-state index in [1.165, 1.54) is 25.9 Å². The van der Waals surface area contributed by atoms with Gasteiger partial charge >= 0.3 is 0 Å². The van der Waals surface area contributed by atoms with Crippen molar-refractivity contribution in [2.75, 3.05) is 13.1 Å².